The average Bonchev–Trinajstić information content (AvgIpc) is 3.33. The normalized spacial score (nSPS) is 10.9. The standard InChI is InChI=1S/C16H12N6O2S/c17-14(23)10-6-9(7-19-10)11-8-25-16(20-11)21-15(24)12-2-1-3-13-18-4-5-22(12)13/h1-8,19H,(H2,17,23)(H,20,21,24). The van der Waals surface area contributed by atoms with E-state index in [9.17, 15) is 9.59 Å². The second-order valence-corrected chi connectivity index (χ2v) is 6.08. The van der Waals surface area contributed by atoms with Crippen LogP contribution in [0.15, 0.2) is 48.2 Å². The maximum absolute atomic E-state index is 12.5. The van der Waals surface area contributed by atoms with Crippen molar-refractivity contribution in [1.29, 1.82) is 0 Å². The van der Waals surface area contributed by atoms with Crippen molar-refractivity contribution in [3.05, 3.63) is 59.6 Å². The molecule has 0 saturated carbocycles. The Labute approximate surface area is 145 Å². The number of thiazole rings is 1. The van der Waals surface area contributed by atoms with Gasteiger partial charge in [0.25, 0.3) is 11.8 Å². The van der Waals surface area contributed by atoms with Crippen LogP contribution in [-0.4, -0.2) is 31.2 Å². The summed E-state index contributed by atoms with van der Waals surface area (Å²) in [4.78, 5) is 35.0. The van der Waals surface area contributed by atoms with Gasteiger partial charge >= 0.3 is 0 Å². The van der Waals surface area contributed by atoms with Crippen molar-refractivity contribution in [2.24, 2.45) is 5.73 Å². The number of rotatable bonds is 4. The van der Waals surface area contributed by atoms with Gasteiger partial charge in [0.15, 0.2) is 5.13 Å². The van der Waals surface area contributed by atoms with Gasteiger partial charge in [-0.05, 0) is 18.2 Å². The highest BCUT2D eigenvalue weighted by Gasteiger charge is 2.14. The van der Waals surface area contributed by atoms with Gasteiger partial charge in [-0.25, -0.2) is 9.97 Å². The Morgan fingerprint density at radius 3 is 3.00 bits per heavy atom. The Bertz CT molecular complexity index is 1090. The number of nitrogens with two attached hydrogens (primary N) is 1. The summed E-state index contributed by atoms with van der Waals surface area (Å²) in [6.07, 6.45) is 5.01. The number of hydrogen-bond donors (Lipinski definition) is 3. The van der Waals surface area contributed by atoms with Crippen LogP contribution in [0.4, 0.5) is 5.13 Å². The van der Waals surface area contributed by atoms with Crippen molar-refractivity contribution >= 4 is 33.9 Å². The lowest BCUT2D eigenvalue weighted by Gasteiger charge is -2.04. The van der Waals surface area contributed by atoms with E-state index in [1.54, 1.807) is 46.6 Å². The van der Waals surface area contributed by atoms with Crippen molar-refractivity contribution in [1.82, 2.24) is 19.4 Å². The first-order chi connectivity index (χ1) is 12.1. The van der Waals surface area contributed by atoms with E-state index < -0.39 is 5.91 Å². The van der Waals surface area contributed by atoms with Crippen molar-refractivity contribution in [3.8, 4) is 11.3 Å². The molecule has 2 amide bonds. The van der Waals surface area contributed by atoms with Crippen molar-refractivity contribution in [2.75, 3.05) is 5.32 Å². The SMILES string of the molecule is NC(=O)c1cc(-c2csc(NC(=O)c3cccc4nccn34)n2)c[nH]1. The fourth-order valence-electron chi connectivity index (χ4n) is 2.44. The van der Waals surface area contributed by atoms with Crippen LogP contribution < -0.4 is 11.1 Å². The van der Waals surface area contributed by atoms with E-state index in [2.05, 4.69) is 20.3 Å². The molecule has 0 saturated heterocycles. The zero-order valence-electron chi connectivity index (χ0n) is 12.8. The zero-order chi connectivity index (χ0) is 17.4. The second kappa shape index (κ2) is 5.87. The lowest BCUT2D eigenvalue weighted by molar-refractivity contribution is 0.0993. The first-order valence-electron chi connectivity index (χ1n) is 7.29. The smallest absolute Gasteiger partial charge is 0.274 e. The summed E-state index contributed by atoms with van der Waals surface area (Å²) < 4.78 is 1.70. The molecule has 0 unspecified atom stereocenters. The minimum atomic E-state index is -0.538. The van der Waals surface area contributed by atoms with Gasteiger partial charge in [-0.2, -0.15) is 0 Å². The molecule has 0 aliphatic carbocycles. The van der Waals surface area contributed by atoms with E-state index in [-0.39, 0.29) is 5.91 Å². The van der Waals surface area contributed by atoms with Gasteiger partial charge in [0, 0.05) is 29.5 Å². The molecule has 4 N–H and O–H groups in total. The van der Waals surface area contributed by atoms with E-state index in [0.717, 1.165) is 5.56 Å². The average molecular weight is 352 g/mol. The minimum absolute atomic E-state index is 0.281. The molecular weight excluding hydrogens is 340 g/mol. The second-order valence-electron chi connectivity index (χ2n) is 5.22. The largest absolute Gasteiger partial charge is 0.364 e. The van der Waals surface area contributed by atoms with Gasteiger partial charge in [-0.15, -0.1) is 11.3 Å². The van der Waals surface area contributed by atoms with Gasteiger partial charge in [0.2, 0.25) is 0 Å². The van der Waals surface area contributed by atoms with Gasteiger partial charge in [-0.3, -0.25) is 19.3 Å². The third-order valence-corrected chi connectivity index (χ3v) is 4.39. The van der Waals surface area contributed by atoms with Crippen LogP contribution in [0.3, 0.4) is 0 Å². The quantitative estimate of drug-likeness (QED) is 0.521. The van der Waals surface area contributed by atoms with E-state index in [1.165, 1.54) is 11.3 Å². The number of aromatic nitrogens is 4. The summed E-state index contributed by atoms with van der Waals surface area (Å²) >= 11 is 1.29. The van der Waals surface area contributed by atoms with E-state index in [1.807, 2.05) is 6.07 Å². The van der Waals surface area contributed by atoms with Crippen LogP contribution in [-0.2, 0) is 0 Å². The summed E-state index contributed by atoms with van der Waals surface area (Å²) in [5, 5.41) is 5.03. The van der Waals surface area contributed by atoms with E-state index in [4.69, 9.17) is 5.73 Å². The Morgan fingerprint density at radius 2 is 2.20 bits per heavy atom. The number of amides is 2. The van der Waals surface area contributed by atoms with Crippen LogP contribution >= 0.6 is 11.3 Å². The van der Waals surface area contributed by atoms with Crippen LogP contribution in [0.25, 0.3) is 16.9 Å². The summed E-state index contributed by atoms with van der Waals surface area (Å²) in [6, 6.07) is 6.93. The van der Waals surface area contributed by atoms with E-state index in [0.29, 0.717) is 27.9 Å². The number of nitrogens with zero attached hydrogens (tertiary/aromatic N) is 3. The molecule has 0 bridgehead atoms. The van der Waals surface area contributed by atoms with Gasteiger partial charge in [0.05, 0.1) is 5.69 Å². The number of aromatic amines is 1. The lowest BCUT2D eigenvalue weighted by atomic mass is 10.2. The predicted molar refractivity (Wildman–Crippen MR) is 93.6 cm³/mol. The maximum Gasteiger partial charge on any atom is 0.274 e. The molecule has 0 aromatic carbocycles. The molecule has 8 nitrogen and oxygen atoms in total. The van der Waals surface area contributed by atoms with Gasteiger partial charge < -0.3 is 10.7 Å². The first kappa shape index (κ1) is 15.1. The highest BCUT2D eigenvalue weighted by molar-refractivity contribution is 7.14. The number of fused-ring (bicyclic) bond motifs is 1. The lowest BCUT2D eigenvalue weighted by Crippen LogP contribution is -2.15. The number of carbonyl (C=O) groups excluding carboxylic acids is 2. The van der Waals surface area contributed by atoms with Crippen LogP contribution in [0, 0.1) is 0 Å². The van der Waals surface area contributed by atoms with Crippen LogP contribution in [0.5, 0.6) is 0 Å². The van der Waals surface area contributed by atoms with Crippen LogP contribution in [0.2, 0.25) is 0 Å². The Hall–Kier alpha value is -3.46. The van der Waals surface area contributed by atoms with Gasteiger partial charge in [-0.1, -0.05) is 6.07 Å². The number of nitrogens with one attached hydrogen (secondary N) is 2. The number of pyridine rings is 1. The first-order valence-corrected chi connectivity index (χ1v) is 8.17. The molecule has 0 spiro atoms. The zero-order valence-corrected chi connectivity index (χ0v) is 13.6. The number of imidazole rings is 1. The minimum Gasteiger partial charge on any atom is -0.364 e. The highest BCUT2D eigenvalue weighted by Crippen LogP contribution is 2.25. The highest BCUT2D eigenvalue weighted by atomic mass is 32.1. The van der Waals surface area contributed by atoms with Crippen molar-refractivity contribution in [2.45, 2.75) is 0 Å². The maximum atomic E-state index is 12.5. The Balaban J connectivity index is 1.57. The Morgan fingerprint density at radius 1 is 1.32 bits per heavy atom. The molecule has 9 heteroatoms. The molecule has 4 rings (SSSR count). The molecule has 4 aromatic heterocycles. The Kier molecular flexibility index (Phi) is 3.55. The predicted octanol–water partition coefficient (Wildman–Crippen LogP) is 2.14. The monoisotopic (exact) mass is 352 g/mol. The van der Waals surface area contributed by atoms with E-state index >= 15 is 0 Å². The number of hydrogen-bond acceptors (Lipinski definition) is 5. The number of H-pyrrole nitrogens is 1. The molecule has 0 fully saturated rings. The number of primary amides is 1. The third-order valence-electron chi connectivity index (χ3n) is 3.63. The number of carbonyl (C=O) groups is 2. The fourth-order valence-corrected chi connectivity index (χ4v) is 3.16. The fraction of sp³-hybridized carbons (Fsp3) is 0. The molecule has 4 heterocycles. The molecular formula is C16H12N6O2S. The van der Waals surface area contributed by atoms with Gasteiger partial charge in [0.1, 0.15) is 17.0 Å². The molecule has 0 aliphatic rings. The summed E-state index contributed by atoms with van der Waals surface area (Å²) in [7, 11) is 0. The summed E-state index contributed by atoms with van der Waals surface area (Å²) in [5.74, 6) is -0.820. The molecule has 0 atom stereocenters. The number of anilines is 1. The molecule has 124 valence electrons. The van der Waals surface area contributed by atoms with Crippen molar-refractivity contribution in [3.63, 3.8) is 0 Å². The van der Waals surface area contributed by atoms with Crippen molar-refractivity contribution < 1.29 is 9.59 Å². The third kappa shape index (κ3) is 2.76. The topological polar surface area (TPSA) is 118 Å². The summed E-state index contributed by atoms with van der Waals surface area (Å²) in [6.45, 7) is 0. The molecule has 0 aliphatic heterocycles. The molecule has 0 radical (unpaired) electrons. The summed E-state index contributed by atoms with van der Waals surface area (Å²) in [5.41, 5.74) is 8.05. The molecule has 25 heavy (non-hydrogen) atoms. The molecule has 4 aromatic rings. The van der Waals surface area contributed by atoms with Crippen LogP contribution in [0.1, 0.15) is 21.0 Å².